The number of rotatable bonds is 8. The second-order valence-corrected chi connectivity index (χ2v) is 6.17. The van der Waals surface area contributed by atoms with Gasteiger partial charge in [0.25, 0.3) is 0 Å². The maximum Gasteiger partial charge on any atom is 0.163 e. The number of ether oxygens (including phenoxy) is 2. The maximum absolute atomic E-state index is 12.4. The molecule has 0 aliphatic carbocycles. The summed E-state index contributed by atoms with van der Waals surface area (Å²) in [5.41, 5.74) is 1.03. The third-order valence-corrected chi connectivity index (χ3v) is 4.56. The van der Waals surface area contributed by atoms with Crippen molar-refractivity contribution in [2.24, 2.45) is 0 Å². The maximum atomic E-state index is 12.4. The summed E-state index contributed by atoms with van der Waals surface area (Å²) in [6.07, 6.45) is 2.32. The van der Waals surface area contributed by atoms with Crippen molar-refractivity contribution in [3.63, 3.8) is 0 Å². The van der Waals surface area contributed by atoms with Gasteiger partial charge >= 0.3 is 0 Å². The topological polar surface area (TPSA) is 76.0 Å². The lowest BCUT2D eigenvalue weighted by Crippen LogP contribution is -2.21. The van der Waals surface area contributed by atoms with E-state index in [4.69, 9.17) is 9.47 Å². The van der Waals surface area contributed by atoms with Crippen LogP contribution in [-0.2, 0) is 16.8 Å². The number of benzene rings is 2. The highest BCUT2D eigenvalue weighted by Crippen LogP contribution is 2.38. The SMILES string of the molecule is C=CC(C)(OC)c1cc(CCC(=O)c2ccc(O)cc2)c(OC)cc1O. The molecule has 0 aromatic heterocycles. The highest BCUT2D eigenvalue weighted by Gasteiger charge is 2.27. The van der Waals surface area contributed by atoms with Crippen LogP contribution in [0.25, 0.3) is 0 Å². The Bertz CT molecular complexity index is 795. The molecule has 5 heteroatoms. The van der Waals surface area contributed by atoms with E-state index in [0.29, 0.717) is 23.3 Å². The lowest BCUT2D eigenvalue weighted by molar-refractivity contribution is 0.0444. The first-order chi connectivity index (χ1) is 12.3. The second kappa shape index (κ2) is 8.06. The number of phenols is 2. The van der Waals surface area contributed by atoms with Crippen LogP contribution < -0.4 is 4.74 Å². The number of hydrogen-bond donors (Lipinski definition) is 2. The number of carbonyl (C=O) groups is 1. The van der Waals surface area contributed by atoms with Gasteiger partial charge in [-0.1, -0.05) is 12.7 Å². The van der Waals surface area contributed by atoms with Crippen LogP contribution in [0.5, 0.6) is 17.2 Å². The molecule has 0 heterocycles. The van der Waals surface area contributed by atoms with Gasteiger partial charge in [0.15, 0.2) is 5.78 Å². The molecule has 0 saturated heterocycles. The molecule has 0 radical (unpaired) electrons. The zero-order chi connectivity index (χ0) is 19.3. The van der Waals surface area contributed by atoms with Crippen molar-refractivity contribution in [3.05, 3.63) is 65.7 Å². The molecule has 0 aliphatic heterocycles. The van der Waals surface area contributed by atoms with E-state index in [2.05, 4.69) is 6.58 Å². The molecule has 0 aliphatic rings. The number of aryl methyl sites for hydroxylation is 1. The van der Waals surface area contributed by atoms with E-state index < -0.39 is 5.60 Å². The van der Waals surface area contributed by atoms with Crippen molar-refractivity contribution in [2.45, 2.75) is 25.4 Å². The Hall–Kier alpha value is -2.79. The number of carbonyl (C=O) groups excluding carboxylic acids is 1. The summed E-state index contributed by atoms with van der Waals surface area (Å²) in [6.45, 7) is 5.57. The molecule has 2 rings (SSSR count). The van der Waals surface area contributed by atoms with E-state index in [9.17, 15) is 15.0 Å². The summed E-state index contributed by atoms with van der Waals surface area (Å²) in [7, 11) is 3.06. The Labute approximate surface area is 153 Å². The summed E-state index contributed by atoms with van der Waals surface area (Å²) < 4.78 is 10.8. The van der Waals surface area contributed by atoms with Crippen molar-refractivity contribution >= 4 is 5.78 Å². The highest BCUT2D eigenvalue weighted by atomic mass is 16.5. The molecule has 0 amide bonds. The lowest BCUT2D eigenvalue weighted by atomic mass is 9.91. The molecule has 5 nitrogen and oxygen atoms in total. The monoisotopic (exact) mass is 356 g/mol. The van der Waals surface area contributed by atoms with Crippen molar-refractivity contribution in [2.75, 3.05) is 14.2 Å². The van der Waals surface area contributed by atoms with Crippen molar-refractivity contribution in [3.8, 4) is 17.2 Å². The molecule has 2 aromatic rings. The normalized spacial score (nSPS) is 13.0. The third kappa shape index (κ3) is 4.06. The van der Waals surface area contributed by atoms with Gasteiger partial charge in [0.1, 0.15) is 22.8 Å². The van der Waals surface area contributed by atoms with Gasteiger partial charge in [0.05, 0.1) is 7.11 Å². The number of hydrogen-bond acceptors (Lipinski definition) is 5. The third-order valence-electron chi connectivity index (χ3n) is 4.56. The van der Waals surface area contributed by atoms with E-state index in [1.807, 2.05) is 0 Å². The Balaban J connectivity index is 2.28. The van der Waals surface area contributed by atoms with Crippen LogP contribution >= 0.6 is 0 Å². The summed E-state index contributed by atoms with van der Waals surface area (Å²) in [5.74, 6) is 0.626. The molecular formula is C21H24O5. The van der Waals surface area contributed by atoms with Crippen LogP contribution in [0.3, 0.4) is 0 Å². The molecule has 26 heavy (non-hydrogen) atoms. The number of ketones is 1. The van der Waals surface area contributed by atoms with Crippen LogP contribution in [0.4, 0.5) is 0 Å². The Kier molecular flexibility index (Phi) is 6.05. The van der Waals surface area contributed by atoms with Crippen molar-refractivity contribution in [1.29, 1.82) is 0 Å². The average Bonchev–Trinajstić information content (AvgIpc) is 2.66. The smallest absolute Gasteiger partial charge is 0.163 e. The van der Waals surface area contributed by atoms with Crippen LogP contribution in [0.1, 0.15) is 34.8 Å². The van der Waals surface area contributed by atoms with Crippen molar-refractivity contribution in [1.82, 2.24) is 0 Å². The van der Waals surface area contributed by atoms with E-state index in [-0.39, 0.29) is 23.7 Å². The van der Waals surface area contributed by atoms with Crippen LogP contribution in [0.2, 0.25) is 0 Å². The lowest BCUT2D eigenvalue weighted by Gasteiger charge is -2.26. The van der Waals surface area contributed by atoms with Crippen LogP contribution in [0.15, 0.2) is 49.1 Å². The van der Waals surface area contributed by atoms with Gasteiger partial charge in [-0.25, -0.2) is 0 Å². The molecule has 2 N–H and O–H groups in total. The Morgan fingerprint density at radius 1 is 1.19 bits per heavy atom. The summed E-state index contributed by atoms with van der Waals surface area (Å²) in [6, 6.07) is 9.47. The minimum atomic E-state index is -0.855. The molecule has 0 saturated carbocycles. The first kappa shape index (κ1) is 19.5. The molecule has 0 fully saturated rings. The van der Waals surface area contributed by atoms with Gasteiger partial charge in [-0.3, -0.25) is 4.79 Å². The molecule has 1 unspecified atom stereocenters. The summed E-state index contributed by atoms with van der Waals surface area (Å²) in [5, 5.41) is 19.7. The standard InChI is InChI=1S/C21H24O5/c1-5-21(2,26-4)17-12-15(20(25-3)13-19(17)24)8-11-18(23)14-6-9-16(22)10-7-14/h5-7,9-10,12-13,22,24H,1,8,11H2,2-4H3. The number of phenolic OH excluding ortho intramolecular Hbond substituents is 2. The van der Waals surface area contributed by atoms with Gasteiger partial charge in [0.2, 0.25) is 0 Å². The Morgan fingerprint density at radius 3 is 2.38 bits per heavy atom. The predicted molar refractivity (Wildman–Crippen MR) is 100.0 cm³/mol. The molecule has 138 valence electrons. The fourth-order valence-electron chi connectivity index (χ4n) is 2.74. The van der Waals surface area contributed by atoms with Gasteiger partial charge in [-0.2, -0.15) is 0 Å². The number of aromatic hydroxyl groups is 2. The van der Waals surface area contributed by atoms with E-state index in [0.717, 1.165) is 5.56 Å². The molecule has 0 spiro atoms. The second-order valence-electron chi connectivity index (χ2n) is 6.17. The Morgan fingerprint density at radius 2 is 1.85 bits per heavy atom. The number of methoxy groups -OCH3 is 2. The van der Waals surface area contributed by atoms with Gasteiger partial charge in [-0.15, -0.1) is 0 Å². The highest BCUT2D eigenvalue weighted by molar-refractivity contribution is 5.96. The minimum Gasteiger partial charge on any atom is -0.508 e. The average molecular weight is 356 g/mol. The quantitative estimate of drug-likeness (QED) is 0.553. The first-order valence-corrected chi connectivity index (χ1v) is 8.26. The predicted octanol–water partition coefficient (Wildman–Crippen LogP) is 3.97. The van der Waals surface area contributed by atoms with Crippen LogP contribution in [-0.4, -0.2) is 30.2 Å². The van der Waals surface area contributed by atoms with Crippen LogP contribution in [0, 0.1) is 0 Å². The zero-order valence-electron chi connectivity index (χ0n) is 15.3. The first-order valence-electron chi connectivity index (χ1n) is 8.26. The van der Waals surface area contributed by atoms with Crippen molar-refractivity contribution < 1.29 is 24.5 Å². The van der Waals surface area contributed by atoms with Gasteiger partial charge < -0.3 is 19.7 Å². The molecule has 0 bridgehead atoms. The summed E-state index contributed by atoms with van der Waals surface area (Å²) in [4.78, 5) is 12.4. The fourth-order valence-corrected chi connectivity index (χ4v) is 2.74. The fraction of sp³-hybridized carbons (Fsp3) is 0.286. The van der Waals surface area contributed by atoms with E-state index in [1.54, 1.807) is 38.3 Å². The largest absolute Gasteiger partial charge is 0.508 e. The van der Waals surface area contributed by atoms with E-state index in [1.165, 1.54) is 25.3 Å². The summed E-state index contributed by atoms with van der Waals surface area (Å²) >= 11 is 0. The molecular weight excluding hydrogens is 332 g/mol. The minimum absolute atomic E-state index is 0.0414. The molecule has 2 aromatic carbocycles. The van der Waals surface area contributed by atoms with E-state index >= 15 is 0 Å². The van der Waals surface area contributed by atoms with Gasteiger partial charge in [0, 0.05) is 30.7 Å². The molecule has 1 atom stereocenters. The van der Waals surface area contributed by atoms with Gasteiger partial charge in [-0.05, 0) is 49.2 Å². The zero-order valence-corrected chi connectivity index (χ0v) is 15.3. The number of Topliss-reactive ketones (excluding diaryl/α,β-unsaturated/α-hetero) is 1.